The molecule has 1 aromatic carbocycles. The van der Waals surface area contributed by atoms with E-state index in [2.05, 4.69) is 4.98 Å². The summed E-state index contributed by atoms with van der Waals surface area (Å²) in [4.78, 5) is 26.3. The Bertz CT molecular complexity index is 613. The van der Waals surface area contributed by atoms with Crippen molar-refractivity contribution >= 4 is 22.7 Å². The largest absolute Gasteiger partial charge is 0.454 e. The van der Waals surface area contributed by atoms with E-state index in [-0.39, 0.29) is 5.78 Å². The topological polar surface area (TPSA) is 59.2 Å². The highest BCUT2D eigenvalue weighted by Gasteiger charge is 2.23. The van der Waals surface area contributed by atoms with Gasteiger partial charge in [-0.1, -0.05) is 18.2 Å². The third-order valence-electron chi connectivity index (χ3n) is 2.85. The number of H-pyrrole nitrogens is 1. The number of esters is 1. The van der Waals surface area contributed by atoms with Gasteiger partial charge < -0.3 is 9.72 Å². The first kappa shape index (κ1) is 12.4. The molecule has 0 saturated heterocycles. The van der Waals surface area contributed by atoms with E-state index in [4.69, 9.17) is 4.74 Å². The van der Waals surface area contributed by atoms with Crippen LogP contribution in [0, 0.1) is 6.92 Å². The maximum atomic E-state index is 12.3. The summed E-state index contributed by atoms with van der Waals surface area (Å²) in [6.07, 6.45) is -0.764. The van der Waals surface area contributed by atoms with Crippen molar-refractivity contribution in [2.45, 2.75) is 26.9 Å². The van der Waals surface area contributed by atoms with Gasteiger partial charge in [0.1, 0.15) is 0 Å². The summed E-state index contributed by atoms with van der Waals surface area (Å²) in [6, 6.07) is 7.58. The molecule has 0 aliphatic rings. The SMILES string of the molecule is CC(=O)O[C@H](C)C(=O)c1c(C)[nH]c2ccccc12. The molecule has 18 heavy (non-hydrogen) atoms. The van der Waals surface area contributed by atoms with Gasteiger partial charge in [0, 0.05) is 29.1 Å². The van der Waals surface area contributed by atoms with E-state index in [0.29, 0.717) is 5.56 Å². The number of fused-ring (bicyclic) bond motifs is 1. The van der Waals surface area contributed by atoms with Gasteiger partial charge in [0.25, 0.3) is 0 Å². The second-order valence-corrected chi connectivity index (χ2v) is 4.29. The molecule has 0 saturated carbocycles. The number of rotatable bonds is 3. The number of carbonyl (C=O) groups excluding carboxylic acids is 2. The molecule has 94 valence electrons. The van der Waals surface area contributed by atoms with Crippen LogP contribution in [-0.2, 0) is 9.53 Å². The molecule has 4 nitrogen and oxygen atoms in total. The quantitative estimate of drug-likeness (QED) is 0.668. The highest BCUT2D eigenvalue weighted by Crippen LogP contribution is 2.23. The van der Waals surface area contributed by atoms with E-state index in [1.165, 1.54) is 6.92 Å². The Kier molecular flexibility index (Phi) is 3.19. The Balaban J connectivity index is 2.44. The van der Waals surface area contributed by atoms with Crippen LogP contribution in [0.2, 0.25) is 0 Å². The van der Waals surface area contributed by atoms with Crippen LogP contribution in [0.25, 0.3) is 10.9 Å². The zero-order chi connectivity index (χ0) is 13.3. The van der Waals surface area contributed by atoms with Crippen LogP contribution >= 0.6 is 0 Å². The van der Waals surface area contributed by atoms with Crippen molar-refractivity contribution < 1.29 is 14.3 Å². The molecule has 0 spiro atoms. The van der Waals surface area contributed by atoms with Crippen LogP contribution < -0.4 is 0 Å². The molecule has 4 heteroatoms. The lowest BCUT2D eigenvalue weighted by atomic mass is 10.0. The van der Waals surface area contributed by atoms with Gasteiger partial charge in [-0.3, -0.25) is 9.59 Å². The molecular weight excluding hydrogens is 230 g/mol. The van der Waals surface area contributed by atoms with Crippen LogP contribution in [0.15, 0.2) is 24.3 Å². The van der Waals surface area contributed by atoms with E-state index >= 15 is 0 Å². The molecule has 0 unspecified atom stereocenters. The molecule has 0 amide bonds. The number of hydrogen-bond acceptors (Lipinski definition) is 3. The maximum Gasteiger partial charge on any atom is 0.303 e. The van der Waals surface area contributed by atoms with Crippen LogP contribution in [0.5, 0.6) is 0 Å². The lowest BCUT2D eigenvalue weighted by Gasteiger charge is -2.10. The lowest BCUT2D eigenvalue weighted by Crippen LogP contribution is -2.23. The van der Waals surface area contributed by atoms with Crippen molar-refractivity contribution in [2.24, 2.45) is 0 Å². The Morgan fingerprint density at radius 1 is 1.28 bits per heavy atom. The second kappa shape index (κ2) is 4.64. The zero-order valence-corrected chi connectivity index (χ0v) is 10.6. The minimum absolute atomic E-state index is 0.180. The van der Waals surface area contributed by atoms with Gasteiger partial charge >= 0.3 is 5.97 Å². The highest BCUT2D eigenvalue weighted by atomic mass is 16.5. The van der Waals surface area contributed by atoms with Crippen molar-refractivity contribution in [1.29, 1.82) is 0 Å². The Labute approximate surface area is 105 Å². The fourth-order valence-corrected chi connectivity index (χ4v) is 2.10. The fourth-order valence-electron chi connectivity index (χ4n) is 2.10. The number of Topliss-reactive ketones (excluding diaryl/α,β-unsaturated/α-hetero) is 1. The molecule has 0 aliphatic heterocycles. The summed E-state index contributed by atoms with van der Waals surface area (Å²) in [5.41, 5.74) is 2.30. The highest BCUT2D eigenvalue weighted by molar-refractivity contribution is 6.11. The molecule has 2 rings (SSSR count). The second-order valence-electron chi connectivity index (χ2n) is 4.29. The van der Waals surface area contributed by atoms with Crippen LogP contribution in [0.3, 0.4) is 0 Å². The molecule has 0 fully saturated rings. The van der Waals surface area contributed by atoms with E-state index < -0.39 is 12.1 Å². The van der Waals surface area contributed by atoms with Gasteiger partial charge in [0.05, 0.1) is 0 Å². The van der Waals surface area contributed by atoms with Crippen LogP contribution in [-0.4, -0.2) is 22.8 Å². The van der Waals surface area contributed by atoms with Gasteiger partial charge in [-0.25, -0.2) is 0 Å². The minimum atomic E-state index is -0.764. The number of ether oxygens (including phenoxy) is 1. The molecule has 2 aromatic rings. The van der Waals surface area contributed by atoms with E-state index in [0.717, 1.165) is 16.6 Å². The summed E-state index contributed by atoms with van der Waals surface area (Å²) < 4.78 is 4.94. The average Bonchev–Trinajstić information content (AvgIpc) is 2.63. The summed E-state index contributed by atoms with van der Waals surface area (Å²) >= 11 is 0. The number of nitrogens with one attached hydrogen (secondary N) is 1. The monoisotopic (exact) mass is 245 g/mol. The van der Waals surface area contributed by atoms with Gasteiger partial charge in [0.15, 0.2) is 6.10 Å². The number of benzene rings is 1. The van der Waals surface area contributed by atoms with Gasteiger partial charge in [-0.05, 0) is 19.9 Å². The predicted molar refractivity (Wildman–Crippen MR) is 68.6 cm³/mol. The first-order valence-electron chi connectivity index (χ1n) is 5.79. The standard InChI is InChI=1S/C14H15NO3/c1-8-13(14(17)9(2)18-10(3)16)11-6-4-5-7-12(11)15-8/h4-7,9,15H,1-3H3/t9-/m1/s1. The van der Waals surface area contributed by atoms with Crippen molar-refractivity contribution in [3.8, 4) is 0 Å². The molecule has 0 radical (unpaired) electrons. The molecular formula is C14H15NO3. The first-order valence-corrected chi connectivity index (χ1v) is 5.79. The van der Waals surface area contributed by atoms with E-state index in [1.54, 1.807) is 6.92 Å². The number of aromatic amines is 1. The number of hydrogen-bond donors (Lipinski definition) is 1. The number of carbonyl (C=O) groups is 2. The van der Waals surface area contributed by atoms with Crippen LogP contribution in [0.4, 0.5) is 0 Å². The van der Waals surface area contributed by atoms with E-state index in [9.17, 15) is 9.59 Å². The van der Waals surface area contributed by atoms with E-state index in [1.807, 2.05) is 31.2 Å². The molecule has 1 atom stereocenters. The van der Waals surface area contributed by atoms with Crippen molar-refractivity contribution in [3.05, 3.63) is 35.5 Å². The number of aromatic nitrogens is 1. The zero-order valence-electron chi connectivity index (χ0n) is 10.6. The summed E-state index contributed by atoms with van der Waals surface area (Å²) in [7, 11) is 0. The maximum absolute atomic E-state index is 12.3. The van der Waals surface area contributed by atoms with Gasteiger partial charge in [-0.15, -0.1) is 0 Å². The minimum Gasteiger partial charge on any atom is -0.454 e. The smallest absolute Gasteiger partial charge is 0.303 e. The lowest BCUT2D eigenvalue weighted by molar-refractivity contribution is -0.143. The van der Waals surface area contributed by atoms with Crippen molar-refractivity contribution in [2.75, 3.05) is 0 Å². The normalized spacial score (nSPS) is 12.4. The van der Waals surface area contributed by atoms with Gasteiger partial charge in [0.2, 0.25) is 5.78 Å². The Morgan fingerprint density at radius 2 is 1.94 bits per heavy atom. The third kappa shape index (κ3) is 2.14. The van der Waals surface area contributed by atoms with Crippen molar-refractivity contribution in [1.82, 2.24) is 4.98 Å². The predicted octanol–water partition coefficient (Wildman–Crippen LogP) is 2.61. The molecule has 1 heterocycles. The Morgan fingerprint density at radius 3 is 2.61 bits per heavy atom. The molecule has 0 bridgehead atoms. The molecule has 1 aromatic heterocycles. The summed E-state index contributed by atoms with van der Waals surface area (Å²) in [6.45, 7) is 4.73. The summed E-state index contributed by atoms with van der Waals surface area (Å²) in [5.74, 6) is -0.631. The van der Waals surface area contributed by atoms with Crippen LogP contribution in [0.1, 0.15) is 29.9 Å². The van der Waals surface area contributed by atoms with Gasteiger partial charge in [-0.2, -0.15) is 0 Å². The van der Waals surface area contributed by atoms with Crippen molar-refractivity contribution in [3.63, 3.8) is 0 Å². The molecule has 1 N–H and O–H groups in total. The first-order chi connectivity index (χ1) is 8.50. The number of aryl methyl sites for hydroxylation is 1. The Hall–Kier alpha value is -2.10. The number of para-hydroxylation sites is 1. The third-order valence-corrected chi connectivity index (χ3v) is 2.85. The number of ketones is 1. The fraction of sp³-hybridized carbons (Fsp3) is 0.286. The average molecular weight is 245 g/mol. The molecule has 0 aliphatic carbocycles. The summed E-state index contributed by atoms with van der Waals surface area (Å²) in [5, 5.41) is 0.860.